The molecule has 0 N–H and O–H groups in total. The summed E-state index contributed by atoms with van der Waals surface area (Å²) in [6.07, 6.45) is 1.93. The van der Waals surface area contributed by atoms with Crippen molar-refractivity contribution >= 4 is 25.3 Å². The molecule has 0 saturated heterocycles. The Balaban J connectivity index is 2.52. The van der Waals surface area contributed by atoms with Crippen LogP contribution in [0.2, 0.25) is 0 Å². The highest BCUT2D eigenvalue weighted by atomic mass is 32.1. The van der Waals surface area contributed by atoms with Crippen molar-refractivity contribution in [3.63, 3.8) is 0 Å². The zero-order chi connectivity index (χ0) is 12.3. The van der Waals surface area contributed by atoms with Crippen LogP contribution in [0.1, 0.15) is 17.0 Å². The average molecular weight is 258 g/mol. The van der Waals surface area contributed by atoms with E-state index in [2.05, 4.69) is 44.0 Å². The summed E-state index contributed by atoms with van der Waals surface area (Å²) in [5.41, 5.74) is 2.32. The Hall–Kier alpha value is -1.12. The van der Waals surface area contributed by atoms with Crippen LogP contribution in [0.25, 0.3) is 0 Å². The zero-order valence-electron chi connectivity index (χ0n) is 9.38. The Labute approximate surface area is 113 Å². The van der Waals surface area contributed by atoms with Gasteiger partial charge in [-0.15, -0.1) is 31.8 Å². The van der Waals surface area contributed by atoms with Crippen LogP contribution in [0.3, 0.4) is 0 Å². The van der Waals surface area contributed by atoms with Crippen molar-refractivity contribution in [2.75, 3.05) is 0 Å². The lowest BCUT2D eigenvalue weighted by atomic mass is 9.91. The summed E-state index contributed by atoms with van der Waals surface area (Å²) in [7, 11) is 0. The van der Waals surface area contributed by atoms with E-state index in [0.29, 0.717) is 0 Å². The lowest BCUT2D eigenvalue weighted by Gasteiger charge is -2.17. The van der Waals surface area contributed by atoms with E-state index < -0.39 is 0 Å². The van der Waals surface area contributed by atoms with Gasteiger partial charge in [-0.1, -0.05) is 42.5 Å². The van der Waals surface area contributed by atoms with Gasteiger partial charge >= 0.3 is 0 Å². The molecular weight excluding hydrogens is 244 g/mol. The number of thiol groups is 2. The summed E-state index contributed by atoms with van der Waals surface area (Å²) in [6.45, 7) is 3.93. The molecule has 0 amide bonds. The van der Waals surface area contributed by atoms with E-state index in [4.69, 9.17) is 0 Å². The molecule has 0 radical (unpaired) electrons. The molecule has 2 aromatic carbocycles. The molecule has 0 atom stereocenters. The fourth-order valence-electron chi connectivity index (χ4n) is 1.92. The maximum atomic E-state index is 4.50. The smallest absolute Gasteiger partial charge is 0.0288 e. The van der Waals surface area contributed by atoms with Gasteiger partial charge in [0.05, 0.1) is 0 Å². The first-order chi connectivity index (χ1) is 8.24. The molecule has 2 rings (SSSR count). The third-order valence-electron chi connectivity index (χ3n) is 2.78. The topological polar surface area (TPSA) is 0 Å². The molecule has 0 heterocycles. The summed E-state index contributed by atoms with van der Waals surface area (Å²) < 4.78 is 0. The van der Waals surface area contributed by atoms with Gasteiger partial charge in [-0.2, -0.15) is 0 Å². The van der Waals surface area contributed by atoms with Crippen LogP contribution in [0.5, 0.6) is 0 Å². The summed E-state index contributed by atoms with van der Waals surface area (Å²) in [6, 6.07) is 16.2. The first kappa shape index (κ1) is 12.3. The molecule has 2 aromatic rings. The summed E-state index contributed by atoms with van der Waals surface area (Å²) in [5, 5.41) is 0. The Morgan fingerprint density at radius 1 is 0.824 bits per heavy atom. The normalized spacial score (nSPS) is 10.5. The van der Waals surface area contributed by atoms with Crippen LogP contribution in [-0.4, -0.2) is 0 Å². The molecular formula is C15H14S2. The van der Waals surface area contributed by atoms with Gasteiger partial charge in [0.25, 0.3) is 0 Å². The van der Waals surface area contributed by atoms with Crippen LogP contribution in [0.15, 0.2) is 71.0 Å². The van der Waals surface area contributed by atoms with E-state index in [0.717, 1.165) is 20.9 Å². The summed E-state index contributed by atoms with van der Waals surface area (Å²) in [5.74, 6) is 0.136. The predicted molar refractivity (Wildman–Crippen MR) is 79.4 cm³/mol. The second-order valence-electron chi connectivity index (χ2n) is 3.83. The first-order valence-corrected chi connectivity index (χ1v) is 6.32. The number of benzene rings is 2. The Bertz CT molecular complexity index is 486. The minimum atomic E-state index is 0.136. The Kier molecular flexibility index (Phi) is 3.97. The van der Waals surface area contributed by atoms with Crippen molar-refractivity contribution in [1.82, 2.24) is 0 Å². The van der Waals surface area contributed by atoms with Crippen molar-refractivity contribution in [3.8, 4) is 0 Å². The third kappa shape index (κ3) is 2.59. The highest BCUT2D eigenvalue weighted by Gasteiger charge is 2.14. The molecule has 0 fully saturated rings. The van der Waals surface area contributed by atoms with E-state index in [1.807, 2.05) is 42.5 Å². The monoisotopic (exact) mass is 258 g/mol. The summed E-state index contributed by atoms with van der Waals surface area (Å²) in [4.78, 5) is 1.96. The van der Waals surface area contributed by atoms with Gasteiger partial charge in [0, 0.05) is 15.7 Å². The molecule has 0 aromatic heterocycles. The quantitative estimate of drug-likeness (QED) is 0.584. The predicted octanol–water partition coefficient (Wildman–Crippen LogP) is 4.58. The Morgan fingerprint density at radius 2 is 1.24 bits per heavy atom. The lowest BCUT2D eigenvalue weighted by molar-refractivity contribution is 0.960. The van der Waals surface area contributed by atoms with Crippen molar-refractivity contribution in [2.24, 2.45) is 0 Å². The maximum Gasteiger partial charge on any atom is 0.0288 e. The molecule has 0 aliphatic carbocycles. The molecule has 2 heteroatoms. The fraction of sp³-hybridized carbons (Fsp3) is 0.0667. The Morgan fingerprint density at radius 3 is 1.59 bits per heavy atom. The number of allylic oxidation sites excluding steroid dienone is 1. The highest BCUT2D eigenvalue weighted by Crippen LogP contribution is 2.33. The lowest BCUT2D eigenvalue weighted by Crippen LogP contribution is -1.99. The molecule has 0 aliphatic rings. The van der Waals surface area contributed by atoms with Crippen LogP contribution in [0, 0.1) is 0 Å². The van der Waals surface area contributed by atoms with E-state index in [-0.39, 0.29) is 5.92 Å². The van der Waals surface area contributed by atoms with Gasteiger partial charge in [-0.05, 0) is 23.3 Å². The van der Waals surface area contributed by atoms with Crippen molar-refractivity contribution in [1.29, 1.82) is 0 Å². The second-order valence-corrected chi connectivity index (χ2v) is 4.79. The molecule has 17 heavy (non-hydrogen) atoms. The van der Waals surface area contributed by atoms with Gasteiger partial charge < -0.3 is 0 Å². The van der Waals surface area contributed by atoms with Gasteiger partial charge in [0.15, 0.2) is 0 Å². The maximum absolute atomic E-state index is 4.50. The van der Waals surface area contributed by atoms with E-state index in [1.165, 1.54) is 0 Å². The van der Waals surface area contributed by atoms with Gasteiger partial charge in [-0.25, -0.2) is 0 Å². The molecule has 0 bridgehead atoms. The molecule has 0 unspecified atom stereocenters. The molecule has 0 nitrogen and oxygen atoms in total. The standard InChI is InChI=1S/C15H14S2/c1-2-11(12-7-3-5-9-14(12)16)13-8-4-6-10-15(13)17/h2-11,16-17H,1H2. The van der Waals surface area contributed by atoms with Crippen LogP contribution >= 0.6 is 25.3 Å². The van der Waals surface area contributed by atoms with E-state index in [1.54, 1.807) is 0 Å². The third-order valence-corrected chi connectivity index (χ3v) is 3.59. The number of hydrogen-bond donors (Lipinski definition) is 2. The minimum absolute atomic E-state index is 0.136. The number of hydrogen-bond acceptors (Lipinski definition) is 2. The van der Waals surface area contributed by atoms with Crippen LogP contribution < -0.4 is 0 Å². The number of rotatable bonds is 3. The first-order valence-electron chi connectivity index (χ1n) is 5.42. The second kappa shape index (κ2) is 5.48. The van der Waals surface area contributed by atoms with Gasteiger partial charge in [0.2, 0.25) is 0 Å². The average Bonchev–Trinajstić information content (AvgIpc) is 2.34. The zero-order valence-corrected chi connectivity index (χ0v) is 11.2. The molecule has 0 spiro atoms. The fourth-order valence-corrected chi connectivity index (χ4v) is 2.52. The molecule has 86 valence electrons. The van der Waals surface area contributed by atoms with Crippen molar-refractivity contribution < 1.29 is 0 Å². The summed E-state index contributed by atoms with van der Waals surface area (Å²) >= 11 is 9.01. The minimum Gasteiger partial charge on any atom is -0.143 e. The molecule has 0 saturated carbocycles. The van der Waals surface area contributed by atoms with E-state index >= 15 is 0 Å². The van der Waals surface area contributed by atoms with Gasteiger partial charge in [0.1, 0.15) is 0 Å². The van der Waals surface area contributed by atoms with Crippen LogP contribution in [-0.2, 0) is 0 Å². The van der Waals surface area contributed by atoms with Crippen LogP contribution in [0.4, 0.5) is 0 Å². The van der Waals surface area contributed by atoms with Gasteiger partial charge in [-0.3, -0.25) is 0 Å². The largest absolute Gasteiger partial charge is 0.143 e. The van der Waals surface area contributed by atoms with Crippen molar-refractivity contribution in [2.45, 2.75) is 15.7 Å². The molecule has 0 aliphatic heterocycles. The SMILES string of the molecule is C=CC(c1ccccc1S)c1ccccc1S. The van der Waals surface area contributed by atoms with E-state index in [9.17, 15) is 0 Å². The highest BCUT2D eigenvalue weighted by molar-refractivity contribution is 7.80. The van der Waals surface area contributed by atoms with Crippen molar-refractivity contribution in [3.05, 3.63) is 72.3 Å².